The molecule has 0 aromatic heterocycles. The second kappa shape index (κ2) is 18.9. The van der Waals surface area contributed by atoms with E-state index in [1.54, 1.807) is 0 Å². The molecule has 7 aromatic carbocycles. The Morgan fingerprint density at radius 2 is 0.556 bits per heavy atom. The summed E-state index contributed by atoms with van der Waals surface area (Å²) in [5, 5.41) is 0. The van der Waals surface area contributed by atoms with Gasteiger partial charge in [0.1, 0.15) is 61.8 Å². The Kier molecular flexibility index (Phi) is 12.5. The molecule has 0 spiro atoms. The van der Waals surface area contributed by atoms with Gasteiger partial charge in [-0.15, -0.1) is 0 Å². The van der Waals surface area contributed by atoms with Gasteiger partial charge in [-0.05, 0) is 100 Å². The Hall–Kier alpha value is -6.46. The lowest BCUT2D eigenvalue weighted by Crippen LogP contribution is -2.02. The first kappa shape index (κ1) is 35.9. The summed E-state index contributed by atoms with van der Waals surface area (Å²) in [4.78, 5) is 0. The van der Waals surface area contributed by atoms with E-state index in [0.717, 1.165) is 69.4 Å². The highest BCUT2D eigenvalue weighted by molar-refractivity contribution is 5.40. The summed E-state index contributed by atoms with van der Waals surface area (Å²) in [5.74, 6) is 3.96. The van der Waals surface area contributed by atoms with E-state index in [4.69, 9.17) is 23.7 Å². The number of ether oxygens (including phenoxy) is 5. The molecule has 270 valence electrons. The van der Waals surface area contributed by atoms with Crippen molar-refractivity contribution in [3.05, 3.63) is 221 Å². The molecule has 0 amide bonds. The Bertz CT molecular complexity index is 1890. The van der Waals surface area contributed by atoms with Crippen molar-refractivity contribution >= 4 is 0 Å². The third-order valence-electron chi connectivity index (χ3n) is 8.87. The largest absolute Gasteiger partial charge is 0.489 e. The molecule has 0 heterocycles. The lowest BCUT2D eigenvalue weighted by Gasteiger charge is -2.14. The molecule has 0 bridgehead atoms. The summed E-state index contributed by atoms with van der Waals surface area (Å²) in [7, 11) is 0. The quantitative estimate of drug-likeness (QED) is 0.0886. The molecule has 0 aliphatic heterocycles. The van der Waals surface area contributed by atoms with Crippen LogP contribution in [0.4, 0.5) is 0 Å². The van der Waals surface area contributed by atoms with Crippen LogP contribution in [0.25, 0.3) is 0 Å². The minimum Gasteiger partial charge on any atom is -0.489 e. The zero-order chi connectivity index (χ0) is 36.6. The van der Waals surface area contributed by atoms with Crippen LogP contribution in [-0.2, 0) is 45.9 Å². The summed E-state index contributed by atoms with van der Waals surface area (Å²) in [6.45, 7) is 2.27. The van der Waals surface area contributed by atoms with E-state index in [1.165, 1.54) is 11.1 Å². The first-order valence-electron chi connectivity index (χ1n) is 18.4. The van der Waals surface area contributed by atoms with Crippen molar-refractivity contribution in [2.24, 2.45) is 0 Å². The topological polar surface area (TPSA) is 46.2 Å². The van der Waals surface area contributed by atoms with Crippen LogP contribution < -0.4 is 23.7 Å². The molecule has 0 saturated heterocycles. The zero-order valence-corrected chi connectivity index (χ0v) is 30.3. The number of benzene rings is 7. The fourth-order valence-corrected chi connectivity index (χ4v) is 6.07. The third kappa shape index (κ3) is 11.3. The standard InChI is InChI=1S/C49H44O5/c1-5-14-39(15-6-1)33-52-47-28-42(26-43(29-47)36-50-45-21-11-4-12-22-45)25-24-38-20-13-23-46(27-38)51-37-44-30-48(53-34-40-16-7-2-8-17-40)32-49(31-44)54-35-41-18-9-3-10-19-41/h1-23,26-32H,24-25,33-37H2. The molecule has 0 aliphatic rings. The molecule has 54 heavy (non-hydrogen) atoms. The van der Waals surface area contributed by atoms with Crippen molar-refractivity contribution in [1.82, 2.24) is 0 Å². The van der Waals surface area contributed by atoms with Crippen LogP contribution in [0.2, 0.25) is 0 Å². The second-order valence-electron chi connectivity index (χ2n) is 13.2. The van der Waals surface area contributed by atoms with Gasteiger partial charge in [0, 0.05) is 6.07 Å². The minimum absolute atomic E-state index is 0.374. The molecule has 7 aromatic rings. The Morgan fingerprint density at radius 1 is 0.222 bits per heavy atom. The van der Waals surface area contributed by atoms with Gasteiger partial charge < -0.3 is 23.7 Å². The summed E-state index contributed by atoms with van der Waals surface area (Å²) >= 11 is 0. The molecule has 7 rings (SSSR count). The van der Waals surface area contributed by atoms with Gasteiger partial charge in [0.2, 0.25) is 0 Å². The van der Waals surface area contributed by atoms with E-state index in [1.807, 2.05) is 109 Å². The van der Waals surface area contributed by atoms with E-state index in [2.05, 4.69) is 72.8 Å². The van der Waals surface area contributed by atoms with Gasteiger partial charge >= 0.3 is 0 Å². The van der Waals surface area contributed by atoms with Crippen LogP contribution in [0.5, 0.6) is 28.7 Å². The maximum atomic E-state index is 6.36. The molecule has 5 nitrogen and oxygen atoms in total. The van der Waals surface area contributed by atoms with E-state index < -0.39 is 0 Å². The van der Waals surface area contributed by atoms with Gasteiger partial charge in [-0.1, -0.05) is 127 Å². The van der Waals surface area contributed by atoms with E-state index >= 15 is 0 Å². The lowest BCUT2D eigenvalue weighted by molar-refractivity contribution is 0.281. The third-order valence-corrected chi connectivity index (χ3v) is 8.87. The van der Waals surface area contributed by atoms with E-state index in [-0.39, 0.29) is 0 Å². The second-order valence-corrected chi connectivity index (χ2v) is 13.2. The molecule has 0 aliphatic carbocycles. The van der Waals surface area contributed by atoms with Gasteiger partial charge in [0.25, 0.3) is 0 Å². The van der Waals surface area contributed by atoms with Crippen LogP contribution in [0, 0.1) is 0 Å². The predicted octanol–water partition coefficient (Wildman–Crippen LogP) is 11.4. The highest BCUT2D eigenvalue weighted by atomic mass is 16.5. The van der Waals surface area contributed by atoms with Crippen LogP contribution in [0.3, 0.4) is 0 Å². The van der Waals surface area contributed by atoms with Gasteiger partial charge in [-0.3, -0.25) is 0 Å². The first-order valence-corrected chi connectivity index (χ1v) is 18.4. The maximum Gasteiger partial charge on any atom is 0.123 e. The first-order chi connectivity index (χ1) is 26.7. The van der Waals surface area contributed by atoms with Crippen LogP contribution in [-0.4, -0.2) is 0 Å². The highest BCUT2D eigenvalue weighted by Gasteiger charge is 2.09. The smallest absolute Gasteiger partial charge is 0.123 e. The summed E-state index contributed by atoms with van der Waals surface area (Å²) < 4.78 is 31.2. The van der Waals surface area contributed by atoms with Gasteiger partial charge in [0.15, 0.2) is 0 Å². The molecule has 0 unspecified atom stereocenters. The Morgan fingerprint density at radius 3 is 1.09 bits per heavy atom. The molecule has 0 radical (unpaired) electrons. The fourth-order valence-electron chi connectivity index (χ4n) is 6.07. The zero-order valence-electron chi connectivity index (χ0n) is 30.3. The maximum absolute atomic E-state index is 6.36. The Balaban J connectivity index is 1.01. The van der Waals surface area contributed by atoms with Crippen LogP contribution in [0.15, 0.2) is 182 Å². The number of hydrogen-bond donors (Lipinski definition) is 0. The molecular weight excluding hydrogens is 669 g/mol. The molecule has 0 saturated carbocycles. The lowest BCUT2D eigenvalue weighted by atomic mass is 10.0. The average molecular weight is 713 g/mol. The van der Waals surface area contributed by atoms with Crippen molar-refractivity contribution in [3.8, 4) is 28.7 Å². The highest BCUT2D eigenvalue weighted by Crippen LogP contribution is 2.27. The normalized spacial score (nSPS) is 10.7. The molecular formula is C49H44O5. The molecule has 5 heteroatoms. The minimum atomic E-state index is 0.374. The Labute approximate surface area is 318 Å². The molecule has 0 fully saturated rings. The number of aryl methyl sites for hydroxylation is 2. The summed E-state index contributed by atoms with van der Waals surface area (Å²) in [6.07, 6.45) is 1.69. The van der Waals surface area contributed by atoms with Gasteiger partial charge in [0.05, 0.1) is 0 Å². The number of rotatable bonds is 18. The van der Waals surface area contributed by atoms with E-state index in [0.29, 0.717) is 33.0 Å². The fraction of sp³-hybridized carbons (Fsp3) is 0.143. The number of hydrogen-bond acceptors (Lipinski definition) is 5. The van der Waals surface area contributed by atoms with Crippen LogP contribution >= 0.6 is 0 Å². The summed E-state index contributed by atoms with van der Waals surface area (Å²) in [6, 6.07) is 61.2. The van der Waals surface area contributed by atoms with Crippen LogP contribution in [0.1, 0.15) is 38.9 Å². The van der Waals surface area contributed by atoms with Crippen molar-refractivity contribution in [2.75, 3.05) is 0 Å². The predicted molar refractivity (Wildman–Crippen MR) is 214 cm³/mol. The van der Waals surface area contributed by atoms with E-state index in [9.17, 15) is 0 Å². The monoisotopic (exact) mass is 712 g/mol. The number of para-hydroxylation sites is 1. The average Bonchev–Trinajstić information content (AvgIpc) is 3.23. The summed E-state index contributed by atoms with van der Waals surface area (Å²) in [5.41, 5.74) is 7.75. The SMILES string of the molecule is c1ccc(COc2cc(CCc3cccc(OCc4cc(OCc5ccccc5)cc(OCc5ccccc5)c4)c3)cc(COc3ccccc3)c2)cc1. The van der Waals surface area contributed by atoms with Crippen molar-refractivity contribution in [1.29, 1.82) is 0 Å². The molecule has 0 atom stereocenters. The van der Waals surface area contributed by atoms with Crippen molar-refractivity contribution in [2.45, 2.75) is 45.9 Å². The van der Waals surface area contributed by atoms with Gasteiger partial charge in [-0.2, -0.15) is 0 Å². The van der Waals surface area contributed by atoms with Crippen molar-refractivity contribution < 1.29 is 23.7 Å². The molecule has 0 N–H and O–H groups in total. The van der Waals surface area contributed by atoms with Crippen molar-refractivity contribution in [3.63, 3.8) is 0 Å². The van der Waals surface area contributed by atoms with Gasteiger partial charge in [-0.25, -0.2) is 0 Å².